The molecule has 1 nitrogen and oxygen atoms in total. The van der Waals surface area contributed by atoms with Crippen molar-refractivity contribution >= 4 is 53.3 Å². The largest absolute Gasteiger partial charge is 0.497 e. The third-order valence-electron chi connectivity index (χ3n) is 3.49. The van der Waals surface area contributed by atoms with E-state index in [1.807, 2.05) is 12.1 Å². The quantitative estimate of drug-likeness (QED) is 0.442. The lowest BCUT2D eigenvalue weighted by atomic mass is 10.0. The summed E-state index contributed by atoms with van der Waals surface area (Å²) >= 11 is 9.26. The van der Waals surface area contributed by atoms with Gasteiger partial charge in [0, 0.05) is 14.0 Å². The summed E-state index contributed by atoms with van der Waals surface area (Å²) in [5, 5.41) is 3.57. The molecule has 0 fully saturated rings. The fourth-order valence-electron chi connectivity index (χ4n) is 2.36. The number of thiophene rings is 1. The van der Waals surface area contributed by atoms with Crippen LogP contribution in [-0.4, -0.2) is 7.11 Å². The molecule has 0 saturated carbocycles. The maximum Gasteiger partial charge on any atom is 0.118 e. The first-order valence-electron chi connectivity index (χ1n) is 6.61. The zero-order chi connectivity index (χ0) is 14.8. The van der Waals surface area contributed by atoms with Crippen LogP contribution >= 0.6 is 43.2 Å². The Kier molecular flexibility index (Phi) is 4.67. The van der Waals surface area contributed by atoms with E-state index in [0.29, 0.717) is 4.83 Å². The Hall–Kier alpha value is -0.840. The Balaban J connectivity index is 1.86. The first kappa shape index (κ1) is 15.1. The van der Waals surface area contributed by atoms with Crippen molar-refractivity contribution in [2.24, 2.45) is 0 Å². The summed E-state index contributed by atoms with van der Waals surface area (Å²) in [4.78, 5) is 0.314. The van der Waals surface area contributed by atoms with Crippen molar-refractivity contribution in [3.05, 3.63) is 63.4 Å². The number of methoxy groups -OCH3 is 1. The SMILES string of the molecule is COc1ccc(CC(Br)c2csc3c(Br)cccc23)cc1. The highest BCUT2D eigenvalue weighted by atomic mass is 79.9. The van der Waals surface area contributed by atoms with E-state index < -0.39 is 0 Å². The van der Waals surface area contributed by atoms with E-state index in [1.54, 1.807) is 18.4 Å². The Labute approximate surface area is 145 Å². The molecule has 0 radical (unpaired) electrons. The van der Waals surface area contributed by atoms with Crippen molar-refractivity contribution in [2.75, 3.05) is 7.11 Å². The fraction of sp³-hybridized carbons (Fsp3) is 0.176. The van der Waals surface area contributed by atoms with Crippen molar-refractivity contribution in [1.29, 1.82) is 0 Å². The molecule has 3 rings (SSSR count). The van der Waals surface area contributed by atoms with Gasteiger partial charge in [-0.3, -0.25) is 0 Å². The van der Waals surface area contributed by atoms with E-state index in [4.69, 9.17) is 4.74 Å². The van der Waals surface area contributed by atoms with Gasteiger partial charge in [-0.1, -0.05) is 40.2 Å². The monoisotopic (exact) mass is 424 g/mol. The maximum absolute atomic E-state index is 5.20. The molecule has 1 atom stereocenters. The molecule has 0 aliphatic carbocycles. The molecule has 1 heterocycles. The average Bonchev–Trinajstić information content (AvgIpc) is 2.93. The number of benzene rings is 2. The van der Waals surface area contributed by atoms with Gasteiger partial charge in [0.15, 0.2) is 0 Å². The molecule has 3 aromatic rings. The smallest absolute Gasteiger partial charge is 0.118 e. The van der Waals surface area contributed by atoms with Crippen molar-refractivity contribution in [1.82, 2.24) is 0 Å². The predicted molar refractivity (Wildman–Crippen MR) is 97.9 cm³/mol. The van der Waals surface area contributed by atoms with E-state index >= 15 is 0 Å². The molecule has 0 amide bonds. The first-order valence-corrected chi connectivity index (χ1v) is 9.20. The van der Waals surface area contributed by atoms with Crippen molar-refractivity contribution < 1.29 is 4.74 Å². The predicted octanol–water partition coefficient (Wildman–Crippen LogP) is 6.35. The Morgan fingerprint density at radius 3 is 2.62 bits per heavy atom. The summed E-state index contributed by atoms with van der Waals surface area (Å²) in [6.07, 6.45) is 0.961. The molecule has 108 valence electrons. The third kappa shape index (κ3) is 3.17. The molecule has 0 aliphatic rings. The van der Waals surface area contributed by atoms with Crippen LogP contribution in [0.5, 0.6) is 5.75 Å². The van der Waals surface area contributed by atoms with Crippen molar-refractivity contribution in [3.8, 4) is 5.75 Å². The lowest BCUT2D eigenvalue weighted by Gasteiger charge is -2.10. The molecule has 0 spiro atoms. The van der Waals surface area contributed by atoms with Crippen LogP contribution in [0.1, 0.15) is 16.0 Å². The van der Waals surface area contributed by atoms with Crippen LogP contribution in [0.4, 0.5) is 0 Å². The molecule has 0 aliphatic heterocycles. The van der Waals surface area contributed by atoms with Crippen LogP contribution in [0.2, 0.25) is 0 Å². The van der Waals surface area contributed by atoms with Crippen LogP contribution in [0, 0.1) is 0 Å². The topological polar surface area (TPSA) is 9.23 Å². The number of alkyl halides is 1. The molecule has 1 unspecified atom stereocenters. The number of hydrogen-bond donors (Lipinski definition) is 0. The average molecular weight is 426 g/mol. The van der Waals surface area contributed by atoms with Gasteiger partial charge in [-0.2, -0.15) is 0 Å². The van der Waals surface area contributed by atoms with Crippen LogP contribution in [-0.2, 0) is 6.42 Å². The van der Waals surface area contributed by atoms with Gasteiger partial charge in [0.2, 0.25) is 0 Å². The maximum atomic E-state index is 5.20. The van der Waals surface area contributed by atoms with E-state index in [-0.39, 0.29) is 0 Å². The Morgan fingerprint density at radius 1 is 1.14 bits per heavy atom. The zero-order valence-corrected chi connectivity index (χ0v) is 15.5. The number of halogens is 2. The van der Waals surface area contributed by atoms with Crippen LogP contribution < -0.4 is 4.74 Å². The highest BCUT2D eigenvalue weighted by molar-refractivity contribution is 9.10. The lowest BCUT2D eigenvalue weighted by Crippen LogP contribution is -1.94. The van der Waals surface area contributed by atoms with E-state index in [1.165, 1.54) is 25.7 Å². The molecule has 0 bridgehead atoms. The van der Waals surface area contributed by atoms with Gasteiger partial charge in [0.05, 0.1) is 7.11 Å². The van der Waals surface area contributed by atoms with Gasteiger partial charge in [-0.15, -0.1) is 11.3 Å². The van der Waals surface area contributed by atoms with Gasteiger partial charge in [0.25, 0.3) is 0 Å². The fourth-order valence-corrected chi connectivity index (χ4v) is 4.97. The number of hydrogen-bond acceptors (Lipinski definition) is 2. The number of ether oxygens (including phenoxy) is 1. The molecule has 21 heavy (non-hydrogen) atoms. The van der Waals surface area contributed by atoms with E-state index in [9.17, 15) is 0 Å². The Bertz CT molecular complexity index is 749. The zero-order valence-electron chi connectivity index (χ0n) is 11.5. The van der Waals surface area contributed by atoms with Crippen LogP contribution in [0.3, 0.4) is 0 Å². The highest BCUT2D eigenvalue weighted by Crippen LogP contribution is 2.39. The summed E-state index contributed by atoms with van der Waals surface area (Å²) in [7, 11) is 1.69. The summed E-state index contributed by atoms with van der Waals surface area (Å²) in [6, 6.07) is 14.6. The second kappa shape index (κ2) is 6.51. The van der Waals surface area contributed by atoms with Gasteiger partial charge in [-0.05, 0) is 62.4 Å². The molecular formula is C17H14Br2OS. The summed E-state index contributed by atoms with van der Waals surface area (Å²) in [5.41, 5.74) is 2.65. The van der Waals surface area contributed by atoms with Gasteiger partial charge < -0.3 is 4.74 Å². The van der Waals surface area contributed by atoms with E-state index in [0.717, 1.165) is 12.2 Å². The van der Waals surface area contributed by atoms with Gasteiger partial charge in [-0.25, -0.2) is 0 Å². The highest BCUT2D eigenvalue weighted by Gasteiger charge is 2.14. The minimum atomic E-state index is 0.314. The van der Waals surface area contributed by atoms with Gasteiger partial charge in [0.1, 0.15) is 5.75 Å². The van der Waals surface area contributed by atoms with Crippen molar-refractivity contribution in [3.63, 3.8) is 0 Å². The van der Waals surface area contributed by atoms with Crippen LogP contribution in [0.25, 0.3) is 10.1 Å². The third-order valence-corrected chi connectivity index (χ3v) is 6.28. The molecule has 1 aromatic heterocycles. The standard InChI is InChI=1S/C17H14Br2OS/c1-20-12-7-5-11(6-8-12)9-16(19)14-10-21-17-13(14)3-2-4-15(17)18/h2-8,10,16H,9H2,1H3. The summed E-state index contributed by atoms with van der Waals surface area (Å²) in [6.45, 7) is 0. The second-order valence-corrected chi connectivity index (χ2v) is 7.67. The minimum Gasteiger partial charge on any atom is -0.497 e. The molecule has 0 saturated heterocycles. The summed E-state index contributed by atoms with van der Waals surface area (Å²) in [5.74, 6) is 0.898. The normalized spacial score (nSPS) is 12.5. The molecule has 4 heteroatoms. The second-order valence-electron chi connectivity index (χ2n) is 4.83. The Morgan fingerprint density at radius 2 is 1.90 bits per heavy atom. The molecule has 2 aromatic carbocycles. The summed E-state index contributed by atoms with van der Waals surface area (Å²) < 4.78 is 7.68. The van der Waals surface area contributed by atoms with Crippen molar-refractivity contribution in [2.45, 2.75) is 11.2 Å². The minimum absolute atomic E-state index is 0.314. The van der Waals surface area contributed by atoms with E-state index in [2.05, 4.69) is 67.6 Å². The van der Waals surface area contributed by atoms with Gasteiger partial charge >= 0.3 is 0 Å². The number of rotatable bonds is 4. The lowest BCUT2D eigenvalue weighted by molar-refractivity contribution is 0.414. The number of fused-ring (bicyclic) bond motifs is 1. The molecular weight excluding hydrogens is 412 g/mol. The van der Waals surface area contributed by atoms with Crippen LogP contribution in [0.15, 0.2) is 52.3 Å². The first-order chi connectivity index (χ1) is 10.2. The molecule has 0 N–H and O–H groups in total.